The quantitative estimate of drug-likeness (QED) is 0.339. The molecule has 2 heterocycles. The highest BCUT2D eigenvalue weighted by Crippen LogP contribution is 2.17. The van der Waals surface area contributed by atoms with Gasteiger partial charge in [0.2, 0.25) is 5.91 Å². The highest BCUT2D eigenvalue weighted by Gasteiger charge is 2.23. The minimum atomic E-state index is 0. The van der Waals surface area contributed by atoms with Gasteiger partial charge in [0, 0.05) is 39.1 Å². The Hall–Kier alpha value is -1.35. The van der Waals surface area contributed by atoms with Crippen LogP contribution in [0, 0.1) is 0 Å². The molecule has 0 bridgehead atoms. The summed E-state index contributed by atoms with van der Waals surface area (Å²) in [6.45, 7) is 7.73. The number of aliphatic imine (C=N–C) groups is 1. The lowest BCUT2D eigenvalue weighted by molar-refractivity contribution is -0.132. The molecule has 2 aliphatic heterocycles. The minimum absolute atomic E-state index is 0. The Bertz CT molecular complexity index is 688. The van der Waals surface area contributed by atoms with Crippen LogP contribution in [0.15, 0.2) is 29.3 Å². The number of piperidine rings is 1. The number of carbonyl (C=O) groups excluding carboxylic acids is 1. The third-order valence-corrected chi connectivity index (χ3v) is 5.93. The molecule has 1 unspecified atom stereocenters. The van der Waals surface area contributed by atoms with E-state index in [-0.39, 0.29) is 35.9 Å². The number of likely N-dealkylation sites (N-methyl/N-ethyl adjacent to an activating group) is 1. The Balaban J connectivity index is 0.00000320. The fourth-order valence-corrected chi connectivity index (χ4v) is 4.21. The van der Waals surface area contributed by atoms with Gasteiger partial charge < -0.3 is 15.5 Å². The molecule has 1 aromatic carbocycles. The van der Waals surface area contributed by atoms with Crippen LogP contribution in [0.1, 0.15) is 56.6 Å². The number of nitrogens with zero attached hydrogens (tertiary/aromatic N) is 3. The predicted octanol–water partition coefficient (Wildman–Crippen LogP) is 3.36. The van der Waals surface area contributed by atoms with E-state index in [2.05, 4.69) is 46.7 Å². The van der Waals surface area contributed by atoms with E-state index in [1.807, 2.05) is 7.05 Å². The molecule has 2 saturated heterocycles. The molecule has 1 atom stereocenters. The summed E-state index contributed by atoms with van der Waals surface area (Å²) in [5.41, 5.74) is 2.68. The first-order chi connectivity index (χ1) is 14.2. The largest absolute Gasteiger partial charge is 0.357 e. The highest BCUT2D eigenvalue weighted by molar-refractivity contribution is 14.0. The van der Waals surface area contributed by atoms with E-state index in [0.717, 1.165) is 32.0 Å². The van der Waals surface area contributed by atoms with E-state index in [9.17, 15) is 4.79 Å². The van der Waals surface area contributed by atoms with Crippen molar-refractivity contribution >= 4 is 35.8 Å². The first kappa shape index (κ1) is 24.9. The van der Waals surface area contributed by atoms with Gasteiger partial charge in [-0.2, -0.15) is 0 Å². The standard InChI is InChI=1S/C23H37N5O.HI/c1-3-24-23(26-21-12-13-22(29)27(2)18-21)25-16-19-10-6-7-11-20(19)17-28-14-8-4-5-9-15-28;/h6-7,10-11,21H,3-5,8-9,12-18H2,1-2H3,(H2,24,25,26);1H. The lowest BCUT2D eigenvalue weighted by Crippen LogP contribution is -2.51. The Morgan fingerprint density at radius 1 is 1.13 bits per heavy atom. The first-order valence-electron chi connectivity index (χ1n) is 11.2. The highest BCUT2D eigenvalue weighted by atomic mass is 127. The van der Waals surface area contributed by atoms with Crippen molar-refractivity contribution in [3.8, 4) is 0 Å². The van der Waals surface area contributed by atoms with Gasteiger partial charge >= 0.3 is 0 Å². The Labute approximate surface area is 198 Å². The molecular formula is C23H38IN5O. The van der Waals surface area contributed by atoms with Crippen molar-refractivity contribution in [3.63, 3.8) is 0 Å². The molecule has 168 valence electrons. The number of halogens is 1. The monoisotopic (exact) mass is 527 g/mol. The molecule has 30 heavy (non-hydrogen) atoms. The van der Waals surface area contributed by atoms with Gasteiger partial charge in [0.05, 0.1) is 6.54 Å². The average molecular weight is 527 g/mol. The van der Waals surface area contributed by atoms with E-state index >= 15 is 0 Å². The number of likely N-dealkylation sites (tertiary alicyclic amines) is 2. The molecule has 0 aliphatic carbocycles. The van der Waals surface area contributed by atoms with Crippen LogP contribution in [-0.4, -0.2) is 60.9 Å². The van der Waals surface area contributed by atoms with Crippen LogP contribution in [0.25, 0.3) is 0 Å². The zero-order valence-electron chi connectivity index (χ0n) is 18.5. The predicted molar refractivity (Wildman–Crippen MR) is 134 cm³/mol. The zero-order valence-corrected chi connectivity index (χ0v) is 20.9. The number of guanidine groups is 1. The average Bonchev–Trinajstić information content (AvgIpc) is 2.99. The maximum absolute atomic E-state index is 11.7. The van der Waals surface area contributed by atoms with Crippen molar-refractivity contribution in [2.75, 3.05) is 33.2 Å². The van der Waals surface area contributed by atoms with Crippen LogP contribution < -0.4 is 10.6 Å². The molecule has 1 aromatic rings. The molecule has 2 fully saturated rings. The number of rotatable bonds is 6. The number of benzene rings is 1. The lowest BCUT2D eigenvalue weighted by Gasteiger charge is -2.31. The molecule has 7 heteroatoms. The van der Waals surface area contributed by atoms with Crippen molar-refractivity contribution in [1.29, 1.82) is 0 Å². The molecule has 3 rings (SSSR count). The van der Waals surface area contributed by atoms with E-state index in [1.54, 1.807) is 4.90 Å². The maximum atomic E-state index is 11.7. The van der Waals surface area contributed by atoms with E-state index < -0.39 is 0 Å². The molecule has 0 spiro atoms. The number of carbonyl (C=O) groups is 1. The third-order valence-electron chi connectivity index (χ3n) is 5.93. The fraction of sp³-hybridized carbons (Fsp3) is 0.652. The van der Waals surface area contributed by atoms with Crippen LogP contribution in [0.4, 0.5) is 0 Å². The lowest BCUT2D eigenvalue weighted by atomic mass is 10.1. The van der Waals surface area contributed by atoms with Crippen molar-refractivity contribution in [3.05, 3.63) is 35.4 Å². The second-order valence-electron chi connectivity index (χ2n) is 8.31. The minimum Gasteiger partial charge on any atom is -0.357 e. The number of nitrogens with one attached hydrogen (secondary N) is 2. The summed E-state index contributed by atoms with van der Waals surface area (Å²) < 4.78 is 0. The van der Waals surface area contributed by atoms with Gasteiger partial charge in [0.1, 0.15) is 0 Å². The van der Waals surface area contributed by atoms with Crippen molar-refractivity contribution < 1.29 is 4.79 Å². The smallest absolute Gasteiger partial charge is 0.222 e. The second kappa shape index (κ2) is 13.1. The van der Waals surface area contributed by atoms with Gasteiger partial charge in [-0.3, -0.25) is 9.69 Å². The third kappa shape index (κ3) is 7.72. The summed E-state index contributed by atoms with van der Waals surface area (Å²) in [7, 11) is 1.87. The fourth-order valence-electron chi connectivity index (χ4n) is 4.21. The van der Waals surface area contributed by atoms with E-state index in [4.69, 9.17) is 4.99 Å². The summed E-state index contributed by atoms with van der Waals surface area (Å²) in [6.07, 6.45) is 6.82. The number of amides is 1. The summed E-state index contributed by atoms with van der Waals surface area (Å²) >= 11 is 0. The Morgan fingerprint density at radius 2 is 1.83 bits per heavy atom. The van der Waals surface area contributed by atoms with Gasteiger partial charge in [0.15, 0.2) is 5.96 Å². The normalized spacial score (nSPS) is 21.0. The van der Waals surface area contributed by atoms with Crippen molar-refractivity contribution in [1.82, 2.24) is 20.4 Å². The van der Waals surface area contributed by atoms with Crippen LogP contribution in [-0.2, 0) is 17.9 Å². The van der Waals surface area contributed by atoms with Crippen LogP contribution in [0.5, 0.6) is 0 Å². The molecule has 2 aliphatic rings. The topological polar surface area (TPSA) is 60.0 Å². The summed E-state index contributed by atoms with van der Waals surface area (Å²) in [5.74, 6) is 1.07. The summed E-state index contributed by atoms with van der Waals surface area (Å²) in [5, 5.41) is 6.88. The Morgan fingerprint density at radius 3 is 2.50 bits per heavy atom. The maximum Gasteiger partial charge on any atom is 0.222 e. The summed E-state index contributed by atoms with van der Waals surface area (Å²) in [4.78, 5) is 21.0. The molecule has 0 radical (unpaired) electrons. The van der Waals surface area contributed by atoms with Crippen molar-refractivity contribution in [2.45, 2.75) is 64.6 Å². The van der Waals surface area contributed by atoms with Gasteiger partial charge in [-0.15, -0.1) is 24.0 Å². The number of hydrogen-bond donors (Lipinski definition) is 2. The first-order valence-corrected chi connectivity index (χ1v) is 11.2. The van der Waals surface area contributed by atoms with Gasteiger partial charge in [-0.25, -0.2) is 4.99 Å². The molecule has 6 nitrogen and oxygen atoms in total. The summed E-state index contributed by atoms with van der Waals surface area (Å²) in [6, 6.07) is 8.95. The molecule has 1 amide bonds. The van der Waals surface area contributed by atoms with Crippen LogP contribution in [0.2, 0.25) is 0 Å². The Kier molecular flexibility index (Phi) is 10.9. The molecule has 0 aromatic heterocycles. The molecule has 2 N–H and O–H groups in total. The van der Waals surface area contributed by atoms with Crippen molar-refractivity contribution in [2.24, 2.45) is 4.99 Å². The molecular weight excluding hydrogens is 489 g/mol. The second-order valence-corrected chi connectivity index (χ2v) is 8.31. The van der Waals surface area contributed by atoms with Gasteiger partial charge in [-0.05, 0) is 50.4 Å². The van der Waals surface area contributed by atoms with Gasteiger partial charge in [-0.1, -0.05) is 37.1 Å². The molecule has 0 saturated carbocycles. The van der Waals surface area contributed by atoms with Crippen LogP contribution in [0.3, 0.4) is 0 Å². The number of hydrogen-bond acceptors (Lipinski definition) is 3. The van der Waals surface area contributed by atoms with E-state index in [0.29, 0.717) is 13.0 Å². The van der Waals surface area contributed by atoms with Gasteiger partial charge in [0.25, 0.3) is 0 Å². The van der Waals surface area contributed by atoms with E-state index in [1.165, 1.54) is 49.9 Å². The zero-order chi connectivity index (χ0) is 20.5. The van der Waals surface area contributed by atoms with Crippen LogP contribution >= 0.6 is 24.0 Å². The SMILES string of the molecule is CCNC(=NCc1ccccc1CN1CCCCCC1)NC1CCC(=O)N(C)C1.I.